The van der Waals surface area contributed by atoms with Crippen LogP contribution in [0.5, 0.6) is 11.5 Å². The number of nitrogens with one attached hydrogen (secondary N) is 2. The molecule has 0 bridgehead atoms. The largest absolute Gasteiger partial charge is 0.493 e. The summed E-state index contributed by atoms with van der Waals surface area (Å²) in [5.41, 5.74) is 5.84. The monoisotopic (exact) mass is 465 g/mol. The Labute approximate surface area is 202 Å². The van der Waals surface area contributed by atoms with Crippen molar-refractivity contribution in [2.45, 2.75) is 13.5 Å². The number of hydrogen-bond donors (Lipinski definition) is 2. The molecule has 0 atom stereocenters. The average molecular weight is 466 g/mol. The number of aromatic nitrogens is 2. The first-order valence-electron chi connectivity index (χ1n) is 10.8. The third kappa shape index (κ3) is 5.54. The predicted molar refractivity (Wildman–Crippen MR) is 135 cm³/mol. The van der Waals surface area contributed by atoms with Gasteiger partial charge in [0.2, 0.25) is 5.95 Å². The molecular formula is C27H23N5O3. The van der Waals surface area contributed by atoms with Gasteiger partial charge >= 0.3 is 0 Å². The topological polar surface area (TPSA) is 112 Å². The highest BCUT2D eigenvalue weighted by Gasteiger charge is 2.13. The van der Waals surface area contributed by atoms with Gasteiger partial charge in [-0.3, -0.25) is 9.78 Å². The van der Waals surface area contributed by atoms with Gasteiger partial charge in [-0.25, -0.2) is 10.4 Å². The van der Waals surface area contributed by atoms with Crippen LogP contribution in [0.25, 0.3) is 11.3 Å². The zero-order chi connectivity index (χ0) is 24.6. The van der Waals surface area contributed by atoms with E-state index in [1.54, 1.807) is 25.5 Å². The second kappa shape index (κ2) is 10.8. The Hall–Kier alpha value is -4.90. The van der Waals surface area contributed by atoms with Crippen LogP contribution in [0.2, 0.25) is 0 Å². The van der Waals surface area contributed by atoms with Crippen LogP contribution >= 0.6 is 0 Å². The molecule has 0 saturated carbocycles. The van der Waals surface area contributed by atoms with Gasteiger partial charge in [-0.05, 0) is 30.2 Å². The van der Waals surface area contributed by atoms with Crippen LogP contribution in [-0.4, -0.2) is 23.3 Å². The highest BCUT2D eigenvalue weighted by molar-refractivity contribution is 5.83. The van der Waals surface area contributed by atoms with E-state index in [0.717, 1.165) is 16.7 Å². The molecule has 1 aromatic heterocycles. The number of anilines is 1. The summed E-state index contributed by atoms with van der Waals surface area (Å²) >= 11 is 0. The van der Waals surface area contributed by atoms with E-state index in [9.17, 15) is 10.1 Å². The maximum atomic E-state index is 12.4. The molecular weight excluding hydrogens is 442 g/mol. The number of H-pyrrole nitrogens is 1. The fourth-order valence-electron chi connectivity index (χ4n) is 3.42. The van der Waals surface area contributed by atoms with Gasteiger partial charge in [0.15, 0.2) is 11.5 Å². The number of hydrogen-bond acceptors (Lipinski definition) is 7. The molecule has 0 radical (unpaired) electrons. The Bertz CT molecular complexity index is 1440. The average Bonchev–Trinajstić information content (AvgIpc) is 2.89. The number of ether oxygens (including phenoxy) is 2. The van der Waals surface area contributed by atoms with Gasteiger partial charge in [0, 0.05) is 11.1 Å². The Morgan fingerprint density at radius 1 is 1.09 bits per heavy atom. The third-order valence-corrected chi connectivity index (χ3v) is 5.24. The Morgan fingerprint density at radius 3 is 2.49 bits per heavy atom. The maximum absolute atomic E-state index is 12.4. The molecule has 0 aliphatic rings. The van der Waals surface area contributed by atoms with Crippen molar-refractivity contribution in [2.24, 2.45) is 5.10 Å². The summed E-state index contributed by atoms with van der Waals surface area (Å²) in [6, 6.07) is 24.5. The zero-order valence-corrected chi connectivity index (χ0v) is 19.3. The van der Waals surface area contributed by atoms with Gasteiger partial charge in [-0.15, -0.1) is 0 Å². The molecule has 0 aliphatic carbocycles. The fraction of sp³-hybridized carbons (Fsp3) is 0.111. The normalized spacial score (nSPS) is 10.7. The Morgan fingerprint density at radius 2 is 1.80 bits per heavy atom. The van der Waals surface area contributed by atoms with Crippen molar-refractivity contribution in [1.29, 1.82) is 5.26 Å². The second-order valence-corrected chi connectivity index (χ2v) is 7.62. The van der Waals surface area contributed by atoms with Crippen LogP contribution < -0.4 is 20.5 Å². The summed E-state index contributed by atoms with van der Waals surface area (Å²) in [6.07, 6.45) is 1.60. The molecule has 35 heavy (non-hydrogen) atoms. The van der Waals surface area contributed by atoms with Crippen LogP contribution in [-0.2, 0) is 6.61 Å². The molecule has 8 nitrogen and oxygen atoms in total. The quantitative estimate of drug-likeness (QED) is 0.289. The minimum absolute atomic E-state index is 0.0584. The van der Waals surface area contributed by atoms with Crippen LogP contribution in [0.1, 0.15) is 22.3 Å². The lowest BCUT2D eigenvalue weighted by molar-refractivity contribution is 0.284. The van der Waals surface area contributed by atoms with Crippen molar-refractivity contribution >= 4 is 12.2 Å². The first-order chi connectivity index (χ1) is 17.1. The highest BCUT2D eigenvalue weighted by atomic mass is 16.5. The molecule has 8 heteroatoms. The molecule has 4 aromatic rings. The zero-order valence-electron chi connectivity index (χ0n) is 19.3. The summed E-state index contributed by atoms with van der Waals surface area (Å²) in [5.74, 6) is 1.32. The molecule has 0 fully saturated rings. The standard InChI is InChI=1S/C27H23N5O3/c1-18-13-23(34-2)24(35-17-19-9-5-3-6-10-19)14-21(18)16-29-32-27-30-25(20-11-7-4-8-12-20)22(15-28)26(33)31-27/h3-14,16H,17H2,1-2H3,(H2,30,31,32,33). The first-order valence-corrected chi connectivity index (χ1v) is 10.8. The minimum Gasteiger partial charge on any atom is -0.493 e. The van der Waals surface area contributed by atoms with Crippen molar-refractivity contribution in [1.82, 2.24) is 9.97 Å². The Balaban J connectivity index is 1.57. The molecule has 0 saturated heterocycles. The smallest absolute Gasteiger partial charge is 0.270 e. The number of benzene rings is 3. The van der Waals surface area contributed by atoms with Crippen molar-refractivity contribution in [3.05, 3.63) is 105 Å². The van der Waals surface area contributed by atoms with Crippen LogP contribution in [0.3, 0.4) is 0 Å². The molecule has 2 N–H and O–H groups in total. The number of aryl methyl sites for hydroxylation is 1. The predicted octanol–water partition coefficient (Wildman–Crippen LogP) is 4.65. The molecule has 0 aliphatic heterocycles. The lowest BCUT2D eigenvalue weighted by Crippen LogP contribution is -2.16. The molecule has 1 heterocycles. The summed E-state index contributed by atoms with van der Waals surface area (Å²) in [7, 11) is 1.59. The van der Waals surface area contributed by atoms with E-state index in [4.69, 9.17) is 9.47 Å². The first kappa shape index (κ1) is 23.3. The second-order valence-electron chi connectivity index (χ2n) is 7.62. The van der Waals surface area contributed by atoms with Crippen molar-refractivity contribution in [2.75, 3.05) is 12.5 Å². The van der Waals surface area contributed by atoms with Crippen molar-refractivity contribution in [3.8, 4) is 28.8 Å². The lowest BCUT2D eigenvalue weighted by atomic mass is 10.1. The van der Waals surface area contributed by atoms with Crippen LogP contribution in [0.15, 0.2) is 82.7 Å². The van der Waals surface area contributed by atoms with E-state index >= 15 is 0 Å². The van der Waals surface area contributed by atoms with Gasteiger partial charge in [-0.1, -0.05) is 60.7 Å². The maximum Gasteiger partial charge on any atom is 0.270 e. The number of methoxy groups -OCH3 is 1. The van der Waals surface area contributed by atoms with E-state index in [0.29, 0.717) is 23.7 Å². The third-order valence-electron chi connectivity index (χ3n) is 5.24. The van der Waals surface area contributed by atoms with E-state index in [1.807, 2.05) is 73.7 Å². The van der Waals surface area contributed by atoms with Crippen LogP contribution in [0, 0.1) is 18.3 Å². The molecule has 4 rings (SSSR count). The number of nitrogens with zero attached hydrogens (tertiary/aromatic N) is 3. The Kier molecular flexibility index (Phi) is 7.19. The SMILES string of the molecule is COc1cc(C)c(C=NNc2nc(-c3ccccc3)c(C#N)c(=O)[nH]2)cc1OCc1ccccc1. The van der Waals surface area contributed by atoms with E-state index < -0.39 is 5.56 Å². The van der Waals surface area contributed by atoms with Crippen molar-refractivity contribution in [3.63, 3.8) is 0 Å². The molecule has 0 spiro atoms. The van der Waals surface area contributed by atoms with Gasteiger partial charge in [0.05, 0.1) is 19.0 Å². The molecule has 0 unspecified atom stereocenters. The van der Waals surface area contributed by atoms with Gasteiger partial charge in [0.1, 0.15) is 18.2 Å². The number of aromatic amines is 1. The summed E-state index contributed by atoms with van der Waals surface area (Å²) in [4.78, 5) is 19.4. The van der Waals surface area contributed by atoms with E-state index in [2.05, 4.69) is 20.5 Å². The minimum atomic E-state index is -0.545. The fourth-order valence-corrected chi connectivity index (χ4v) is 3.42. The van der Waals surface area contributed by atoms with Crippen LogP contribution in [0.4, 0.5) is 5.95 Å². The number of rotatable bonds is 8. The number of hydrazone groups is 1. The van der Waals surface area contributed by atoms with Gasteiger partial charge < -0.3 is 9.47 Å². The van der Waals surface area contributed by atoms with Crippen molar-refractivity contribution < 1.29 is 9.47 Å². The molecule has 174 valence electrons. The van der Waals surface area contributed by atoms with E-state index in [-0.39, 0.29) is 17.2 Å². The lowest BCUT2D eigenvalue weighted by Gasteiger charge is -2.13. The highest BCUT2D eigenvalue weighted by Crippen LogP contribution is 2.31. The summed E-state index contributed by atoms with van der Waals surface area (Å²) < 4.78 is 11.5. The van der Waals surface area contributed by atoms with Gasteiger partial charge in [-0.2, -0.15) is 10.4 Å². The molecule has 0 amide bonds. The van der Waals surface area contributed by atoms with Gasteiger partial charge in [0.25, 0.3) is 5.56 Å². The molecule has 3 aromatic carbocycles. The van der Waals surface area contributed by atoms with E-state index in [1.165, 1.54) is 0 Å². The summed E-state index contributed by atoms with van der Waals surface area (Å²) in [6.45, 7) is 2.33. The summed E-state index contributed by atoms with van der Waals surface area (Å²) in [5, 5.41) is 13.6. The number of nitriles is 1.